The highest BCUT2D eigenvalue weighted by atomic mass is 32.1. The maximum atomic E-state index is 12.9. The molecule has 0 unspecified atom stereocenters. The van der Waals surface area contributed by atoms with Crippen LogP contribution < -0.4 is 20.1 Å². The minimum atomic E-state index is -4.63. The molecular formula is C14H15F7N2O2S. The van der Waals surface area contributed by atoms with E-state index in [2.05, 4.69) is 20.1 Å². The van der Waals surface area contributed by atoms with Gasteiger partial charge in [-0.05, 0) is 19.1 Å². The molecule has 0 aromatic heterocycles. The molecule has 0 amide bonds. The lowest BCUT2D eigenvalue weighted by molar-refractivity contribution is -0.153. The van der Waals surface area contributed by atoms with E-state index in [0.29, 0.717) is 6.54 Å². The highest BCUT2D eigenvalue weighted by molar-refractivity contribution is 7.80. The molecule has 0 heterocycles. The first-order valence-electron chi connectivity index (χ1n) is 7.11. The molecule has 0 aliphatic heterocycles. The zero-order valence-corrected chi connectivity index (χ0v) is 14.1. The Morgan fingerprint density at radius 1 is 1.04 bits per heavy atom. The van der Waals surface area contributed by atoms with Crippen LogP contribution in [0.5, 0.6) is 11.5 Å². The number of alkyl halides is 7. The molecule has 0 saturated heterocycles. The Morgan fingerprint density at radius 3 is 2.04 bits per heavy atom. The van der Waals surface area contributed by atoms with Gasteiger partial charge in [-0.25, -0.2) is 8.78 Å². The Balaban J connectivity index is 2.97. The zero-order valence-electron chi connectivity index (χ0n) is 13.3. The predicted molar refractivity (Wildman–Crippen MR) is 84.3 cm³/mol. The normalized spacial score (nSPS) is 12.0. The van der Waals surface area contributed by atoms with Gasteiger partial charge in [-0.15, -0.1) is 0 Å². The van der Waals surface area contributed by atoms with Crippen LogP contribution in [0.1, 0.15) is 6.92 Å². The molecule has 26 heavy (non-hydrogen) atoms. The topological polar surface area (TPSA) is 42.5 Å². The molecular weight excluding hydrogens is 393 g/mol. The van der Waals surface area contributed by atoms with E-state index >= 15 is 0 Å². The fraction of sp³-hybridized carbons (Fsp3) is 0.500. The van der Waals surface area contributed by atoms with Gasteiger partial charge in [0.2, 0.25) is 0 Å². The number of halogens is 7. The summed E-state index contributed by atoms with van der Waals surface area (Å²) in [6.07, 6.45) is -8.59. The van der Waals surface area contributed by atoms with Gasteiger partial charge in [-0.1, -0.05) is 0 Å². The van der Waals surface area contributed by atoms with Crippen molar-refractivity contribution in [2.24, 2.45) is 0 Å². The summed E-state index contributed by atoms with van der Waals surface area (Å²) in [6, 6.07) is 3.09. The number of rotatable bonds is 8. The van der Waals surface area contributed by atoms with Crippen molar-refractivity contribution in [2.75, 3.05) is 25.1 Å². The Morgan fingerprint density at radius 2 is 1.58 bits per heavy atom. The fourth-order valence-corrected chi connectivity index (χ4v) is 1.82. The van der Waals surface area contributed by atoms with Gasteiger partial charge in [0.1, 0.15) is 11.5 Å². The van der Waals surface area contributed by atoms with Crippen molar-refractivity contribution in [3.63, 3.8) is 0 Å². The van der Waals surface area contributed by atoms with Gasteiger partial charge in [-0.2, -0.15) is 22.0 Å². The van der Waals surface area contributed by atoms with E-state index in [4.69, 9.17) is 12.2 Å². The Labute approximate surface area is 149 Å². The first-order valence-corrected chi connectivity index (χ1v) is 7.52. The predicted octanol–water partition coefficient (Wildman–Crippen LogP) is 4.21. The van der Waals surface area contributed by atoms with Gasteiger partial charge in [0.15, 0.2) is 18.3 Å². The third kappa shape index (κ3) is 7.93. The molecule has 0 radical (unpaired) electrons. The van der Waals surface area contributed by atoms with Crippen molar-refractivity contribution in [3.05, 3.63) is 18.2 Å². The van der Waals surface area contributed by atoms with Gasteiger partial charge in [0, 0.05) is 30.4 Å². The Kier molecular flexibility index (Phi) is 7.72. The van der Waals surface area contributed by atoms with Crippen LogP contribution in [0.4, 0.5) is 36.4 Å². The van der Waals surface area contributed by atoms with Gasteiger partial charge < -0.3 is 20.1 Å². The quantitative estimate of drug-likeness (QED) is 0.498. The van der Waals surface area contributed by atoms with Crippen LogP contribution in [0.25, 0.3) is 0 Å². The number of hydrogen-bond acceptors (Lipinski definition) is 3. The fourth-order valence-electron chi connectivity index (χ4n) is 1.55. The van der Waals surface area contributed by atoms with Gasteiger partial charge in [0.05, 0.1) is 0 Å². The van der Waals surface area contributed by atoms with Crippen LogP contribution >= 0.6 is 12.2 Å². The standard InChI is InChI=1S/C14H15F7N2O2S/c1-2-22-12(26)23-8-3-9(24-6-13(17,18)11(15)16)5-10(4-8)25-7-14(19,20)21/h3-5,11H,2,6-7H2,1H3,(H2,22,23,26). The van der Waals surface area contributed by atoms with Crippen molar-refractivity contribution in [2.45, 2.75) is 25.4 Å². The Bertz CT molecular complexity index is 611. The third-order valence-corrected chi connectivity index (χ3v) is 2.87. The molecule has 4 nitrogen and oxygen atoms in total. The lowest BCUT2D eigenvalue weighted by Gasteiger charge is -2.18. The molecule has 12 heteroatoms. The van der Waals surface area contributed by atoms with Crippen molar-refractivity contribution in [1.82, 2.24) is 5.32 Å². The summed E-state index contributed by atoms with van der Waals surface area (Å²) in [6.45, 7) is -1.12. The van der Waals surface area contributed by atoms with Gasteiger partial charge >= 0.3 is 18.5 Å². The summed E-state index contributed by atoms with van der Waals surface area (Å²) in [5, 5.41) is 5.39. The summed E-state index contributed by atoms with van der Waals surface area (Å²) >= 11 is 4.90. The van der Waals surface area contributed by atoms with Crippen LogP contribution in [0.15, 0.2) is 18.2 Å². The van der Waals surface area contributed by atoms with E-state index in [0.717, 1.165) is 18.2 Å². The number of anilines is 1. The second kappa shape index (κ2) is 9.10. The van der Waals surface area contributed by atoms with Crippen molar-refractivity contribution in [3.8, 4) is 11.5 Å². The molecule has 0 aliphatic rings. The summed E-state index contributed by atoms with van der Waals surface area (Å²) in [5.74, 6) is -5.19. The first kappa shape index (κ1) is 22.1. The van der Waals surface area contributed by atoms with E-state index in [1.165, 1.54) is 0 Å². The molecule has 0 bridgehead atoms. The largest absolute Gasteiger partial charge is 0.487 e. The molecule has 0 aliphatic carbocycles. The van der Waals surface area contributed by atoms with E-state index < -0.39 is 37.5 Å². The maximum Gasteiger partial charge on any atom is 0.422 e. The second-order valence-electron chi connectivity index (χ2n) is 4.93. The molecule has 1 rings (SSSR count). The average molecular weight is 408 g/mol. The van der Waals surface area contributed by atoms with Crippen molar-refractivity contribution in [1.29, 1.82) is 0 Å². The van der Waals surface area contributed by atoms with E-state index in [-0.39, 0.29) is 16.5 Å². The lowest BCUT2D eigenvalue weighted by atomic mass is 10.2. The monoisotopic (exact) mass is 408 g/mol. The summed E-state index contributed by atoms with van der Waals surface area (Å²) in [5.41, 5.74) is 0.0611. The first-order chi connectivity index (χ1) is 11.9. The number of hydrogen-bond donors (Lipinski definition) is 2. The SMILES string of the molecule is CCNC(=S)Nc1cc(OCC(F)(F)F)cc(OCC(F)(F)C(F)F)c1. The molecule has 0 fully saturated rings. The van der Waals surface area contributed by atoms with Crippen molar-refractivity contribution < 1.29 is 40.2 Å². The molecule has 0 saturated carbocycles. The minimum Gasteiger partial charge on any atom is -0.487 e. The van der Waals surface area contributed by atoms with Crippen molar-refractivity contribution >= 4 is 23.0 Å². The van der Waals surface area contributed by atoms with E-state index in [9.17, 15) is 30.7 Å². The maximum absolute atomic E-state index is 12.9. The molecule has 0 spiro atoms. The molecule has 148 valence electrons. The number of ether oxygens (including phenoxy) is 2. The van der Waals surface area contributed by atoms with E-state index in [1.54, 1.807) is 6.92 Å². The molecule has 0 atom stereocenters. The van der Waals surface area contributed by atoms with Gasteiger partial charge in [0.25, 0.3) is 0 Å². The third-order valence-electron chi connectivity index (χ3n) is 2.63. The van der Waals surface area contributed by atoms with Crippen LogP contribution in [0.2, 0.25) is 0 Å². The van der Waals surface area contributed by atoms with E-state index in [1.807, 2.05) is 0 Å². The van der Waals surface area contributed by atoms with Crippen LogP contribution in [0, 0.1) is 0 Å². The van der Waals surface area contributed by atoms with Gasteiger partial charge in [-0.3, -0.25) is 0 Å². The summed E-state index contributed by atoms with van der Waals surface area (Å²) in [4.78, 5) is 0. The highest BCUT2D eigenvalue weighted by Gasteiger charge is 2.41. The average Bonchev–Trinajstić information content (AvgIpc) is 2.50. The number of thiocarbonyl (C=S) groups is 1. The minimum absolute atomic E-state index is 0.0611. The molecule has 1 aromatic carbocycles. The van der Waals surface area contributed by atoms with Crippen LogP contribution in [0.3, 0.4) is 0 Å². The smallest absolute Gasteiger partial charge is 0.422 e. The second-order valence-corrected chi connectivity index (χ2v) is 5.34. The lowest BCUT2D eigenvalue weighted by Crippen LogP contribution is -2.33. The highest BCUT2D eigenvalue weighted by Crippen LogP contribution is 2.30. The number of benzene rings is 1. The Hall–Kier alpha value is -1.98. The number of nitrogens with one attached hydrogen (secondary N) is 2. The van der Waals surface area contributed by atoms with Crippen LogP contribution in [-0.2, 0) is 0 Å². The molecule has 1 aromatic rings. The zero-order chi connectivity index (χ0) is 20.0. The summed E-state index contributed by atoms with van der Waals surface area (Å²) < 4.78 is 96.1. The van der Waals surface area contributed by atoms with Crippen LogP contribution in [-0.4, -0.2) is 43.4 Å². The molecule has 2 N–H and O–H groups in total. The summed E-state index contributed by atoms with van der Waals surface area (Å²) in [7, 11) is 0.